The average Bonchev–Trinajstić information content (AvgIpc) is 3.50. The molecule has 1 saturated carbocycles. The van der Waals surface area contributed by atoms with E-state index in [1.807, 2.05) is 0 Å². The summed E-state index contributed by atoms with van der Waals surface area (Å²) < 4.78 is 31.9. The van der Waals surface area contributed by atoms with Crippen LogP contribution in [0.25, 0.3) is 22.6 Å². The number of aromatic nitrogens is 7. The lowest BCUT2D eigenvalue weighted by Gasteiger charge is -2.21. The summed E-state index contributed by atoms with van der Waals surface area (Å²) in [5.74, 6) is -0.571. The number of nitrogens with zero attached hydrogens (tertiary/aromatic N) is 7. The number of nitrogens with two attached hydrogens (primary N) is 1. The molecule has 0 aliphatic heterocycles. The molecule has 0 saturated heterocycles. The normalized spacial score (nSPS) is 15.2. The molecule has 0 radical (unpaired) electrons. The Labute approximate surface area is 175 Å². The maximum atomic E-state index is 13.7. The zero-order valence-corrected chi connectivity index (χ0v) is 16.5. The predicted octanol–water partition coefficient (Wildman–Crippen LogP) is 3.32. The number of rotatable bonds is 5. The average molecular weight is 426 g/mol. The van der Waals surface area contributed by atoms with E-state index in [9.17, 15) is 13.6 Å². The number of carbonyl (C=O) groups excluding carboxylic acids is 1. The Balaban J connectivity index is 1.51. The molecule has 9 nitrogen and oxygen atoms in total. The molecular formula is C20H20F2N8O. The highest BCUT2D eigenvalue weighted by Crippen LogP contribution is 2.32. The lowest BCUT2D eigenvalue weighted by atomic mass is 9.96. The van der Waals surface area contributed by atoms with E-state index in [0.717, 1.165) is 25.7 Å². The molecule has 11 heteroatoms. The third kappa shape index (κ3) is 3.45. The Morgan fingerprint density at radius 2 is 1.97 bits per heavy atom. The Morgan fingerprint density at radius 3 is 2.71 bits per heavy atom. The van der Waals surface area contributed by atoms with Crippen molar-refractivity contribution in [2.75, 3.05) is 0 Å². The lowest BCUT2D eigenvalue weighted by Crippen LogP contribution is -2.13. The Hall–Kier alpha value is -3.63. The summed E-state index contributed by atoms with van der Waals surface area (Å²) in [5.41, 5.74) is 7.20. The Morgan fingerprint density at radius 1 is 1.16 bits per heavy atom. The molecule has 4 aromatic rings. The number of carbonyl (C=O) groups is 1. The Bertz CT molecular complexity index is 1250. The van der Waals surface area contributed by atoms with Gasteiger partial charge in [0.25, 0.3) is 6.43 Å². The molecule has 1 amide bonds. The third-order valence-electron chi connectivity index (χ3n) is 5.68. The van der Waals surface area contributed by atoms with E-state index < -0.39 is 12.3 Å². The minimum absolute atomic E-state index is 0.126. The van der Waals surface area contributed by atoms with Crippen molar-refractivity contribution in [1.82, 2.24) is 34.4 Å². The molecule has 2 N–H and O–H groups in total. The first-order valence-corrected chi connectivity index (χ1v) is 10.1. The van der Waals surface area contributed by atoms with Crippen molar-refractivity contribution in [3.63, 3.8) is 0 Å². The largest absolute Gasteiger partial charge is 0.366 e. The summed E-state index contributed by atoms with van der Waals surface area (Å²) in [6.07, 6.45) is 7.01. The number of hydrogen-bond donors (Lipinski definition) is 1. The highest BCUT2D eigenvalue weighted by molar-refractivity contribution is 5.93. The van der Waals surface area contributed by atoms with Gasteiger partial charge < -0.3 is 5.73 Å². The molecule has 4 aromatic heterocycles. The summed E-state index contributed by atoms with van der Waals surface area (Å²) in [7, 11) is 0. The first kappa shape index (κ1) is 19.3. The quantitative estimate of drug-likeness (QED) is 0.527. The molecule has 0 unspecified atom stereocenters. The van der Waals surface area contributed by atoms with Crippen LogP contribution in [0.1, 0.15) is 60.6 Å². The maximum absolute atomic E-state index is 13.7. The van der Waals surface area contributed by atoms with E-state index in [0.29, 0.717) is 16.9 Å². The topological polar surface area (TPSA) is 109 Å². The number of hydrogen-bond acceptors (Lipinski definition) is 5. The molecule has 0 atom stereocenters. The Kier molecular flexibility index (Phi) is 4.72. The van der Waals surface area contributed by atoms with Gasteiger partial charge in [-0.05, 0) is 31.0 Å². The highest BCUT2D eigenvalue weighted by Gasteiger charge is 2.25. The van der Waals surface area contributed by atoms with Crippen LogP contribution in [-0.2, 0) is 0 Å². The van der Waals surface area contributed by atoms with E-state index in [1.54, 1.807) is 39.8 Å². The summed E-state index contributed by atoms with van der Waals surface area (Å²) >= 11 is 0. The first-order valence-electron chi connectivity index (χ1n) is 10.1. The van der Waals surface area contributed by atoms with E-state index in [-0.39, 0.29) is 23.0 Å². The maximum Gasteiger partial charge on any atom is 0.284 e. The van der Waals surface area contributed by atoms with Crippen LogP contribution < -0.4 is 5.73 Å². The standard InChI is InChI=1S/C20H20F2N8O/c21-19(22)18-17(11-28(26-18)13-4-2-1-3-5-13)29-10-15(25-27-29)16-7-6-14-8-12(20(23)31)9-24-30(14)16/h6-11,13,19H,1-5H2,(H2,23,31). The number of primary amides is 1. The van der Waals surface area contributed by atoms with Crippen molar-refractivity contribution < 1.29 is 13.6 Å². The fraction of sp³-hybridized carbons (Fsp3) is 0.350. The van der Waals surface area contributed by atoms with Gasteiger partial charge >= 0.3 is 0 Å². The van der Waals surface area contributed by atoms with Gasteiger partial charge in [-0.1, -0.05) is 24.5 Å². The summed E-state index contributed by atoms with van der Waals surface area (Å²) in [6.45, 7) is 0. The van der Waals surface area contributed by atoms with Gasteiger partial charge in [0.05, 0.1) is 41.4 Å². The van der Waals surface area contributed by atoms with Gasteiger partial charge in [0.2, 0.25) is 5.91 Å². The van der Waals surface area contributed by atoms with Gasteiger partial charge in [-0.25, -0.2) is 18.0 Å². The summed E-state index contributed by atoms with van der Waals surface area (Å²) in [6, 6.07) is 5.27. The zero-order chi connectivity index (χ0) is 21.5. The molecular weight excluding hydrogens is 406 g/mol. The van der Waals surface area contributed by atoms with Crippen LogP contribution in [0.4, 0.5) is 8.78 Å². The van der Waals surface area contributed by atoms with Crippen molar-refractivity contribution in [2.45, 2.75) is 44.6 Å². The van der Waals surface area contributed by atoms with Crippen molar-refractivity contribution in [1.29, 1.82) is 0 Å². The second-order valence-electron chi connectivity index (χ2n) is 7.68. The number of alkyl halides is 2. The molecule has 160 valence electrons. The minimum Gasteiger partial charge on any atom is -0.366 e. The van der Waals surface area contributed by atoms with Crippen molar-refractivity contribution >= 4 is 11.4 Å². The predicted molar refractivity (Wildman–Crippen MR) is 107 cm³/mol. The SMILES string of the molecule is NC(=O)c1cnn2c(-c3cn(-c4cn(C5CCCCC5)nc4C(F)F)nn3)ccc2c1. The minimum atomic E-state index is -2.73. The van der Waals surface area contributed by atoms with Gasteiger partial charge in [0, 0.05) is 0 Å². The first-order chi connectivity index (χ1) is 15.0. The van der Waals surface area contributed by atoms with Crippen molar-refractivity contribution in [2.24, 2.45) is 5.73 Å². The van der Waals surface area contributed by atoms with Gasteiger partial charge in [0.15, 0.2) is 5.69 Å². The third-order valence-corrected chi connectivity index (χ3v) is 5.68. The van der Waals surface area contributed by atoms with Crippen LogP contribution in [0, 0.1) is 0 Å². The van der Waals surface area contributed by atoms with Crippen LogP contribution in [0.2, 0.25) is 0 Å². The van der Waals surface area contributed by atoms with Crippen LogP contribution in [0.15, 0.2) is 36.8 Å². The monoisotopic (exact) mass is 426 g/mol. The fourth-order valence-electron chi connectivity index (χ4n) is 4.09. The van der Waals surface area contributed by atoms with E-state index in [4.69, 9.17) is 5.73 Å². The fourth-order valence-corrected chi connectivity index (χ4v) is 4.09. The van der Waals surface area contributed by atoms with E-state index in [2.05, 4.69) is 20.5 Å². The van der Waals surface area contributed by atoms with E-state index >= 15 is 0 Å². The lowest BCUT2D eigenvalue weighted by molar-refractivity contribution is 0.0999. The smallest absolute Gasteiger partial charge is 0.284 e. The molecule has 1 fully saturated rings. The molecule has 0 spiro atoms. The molecule has 1 aliphatic rings. The van der Waals surface area contributed by atoms with Crippen LogP contribution in [0.5, 0.6) is 0 Å². The molecule has 4 heterocycles. The summed E-state index contributed by atoms with van der Waals surface area (Å²) in [5, 5.41) is 16.6. The molecule has 0 aromatic carbocycles. The molecule has 31 heavy (non-hydrogen) atoms. The van der Waals surface area contributed by atoms with Gasteiger partial charge in [-0.3, -0.25) is 9.48 Å². The van der Waals surface area contributed by atoms with Crippen LogP contribution >= 0.6 is 0 Å². The second-order valence-corrected chi connectivity index (χ2v) is 7.68. The van der Waals surface area contributed by atoms with Crippen molar-refractivity contribution in [3.05, 3.63) is 48.0 Å². The van der Waals surface area contributed by atoms with E-state index in [1.165, 1.54) is 17.3 Å². The summed E-state index contributed by atoms with van der Waals surface area (Å²) in [4.78, 5) is 11.4. The number of amides is 1. The van der Waals surface area contributed by atoms with Gasteiger partial charge in [-0.15, -0.1) is 5.10 Å². The molecule has 1 aliphatic carbocycles. The number of halogens is 2. The van der Waals surface area contributed by atoms with Crippen molar-refractivity contribution in [3.8, 4) is 17.1 Å². The van der Waals surface area contributed by atoms with Gasteiger partial charge in [-0.2, -0.15) is 10.2 Å². The second kappa shape index (κ2) is 7.56. The highest BCUT2D eigenvalue weighted by atomic mass is 19.3. The van der Waals surface area contributed by atoms with Crippen LogP contribution in [-0.4, -0.2) is 40.3 Å². The van der Waals surface area contributed by atoms with Crippen LogP contribution in [0.3, 0.4) is 0 Å². The number of fused-ring (bicyclic) bond motifs is 1. The zero-order valence-electron chi connectivity index (χ0n) is 16.5. The molecule has 5 rings (SSSR count). The molecule has 0 bridgehead atoms. The van der Waals surface area contributed by atoms with Gasteiger partial charge in [0.1, 0.15) is 11.4 Å².